The molecule has 0 aromatic carbocycles. The molecule has 9 nitrogen and oxygen atoms in total. The van der Waals surface area contributed by atoms with Gasteiger partial charge in [0, 0.05) is 5.41 Å². The van der Waals surface area contributed by atoms with Gasteiger partial charge in [-0.2, -0.15) is 0 Å². The van der Waals surface area contributed by atoms with Gasteiger partial charge in [0.25, 0.3) is 5.91 Å². The van der Waals surface area contributed by atoms with Gasteiger partial charge in [-0.1, -0.05) is 44.3 Å². The first kappa shape index (κ1) is 29.1. The van der Waals surface area contributed by atoms with Crippen LogP contribution < -0.4 is 10.6 Å². The number of nitrogens with one attached hydrogen (secondary N) is 2. The van der Waals surface area contributed by atoms with Crippen LogP contribution in [0.25, 0.3) is 0 Å². The normalized spacial score (nSPS) is 37.0. The van der Waals surface area contributed by atoms with Crippen molar-refractivity contribution in [1.29, 1.82) is 0 Å². The quantitative estimate of drug-likeness (QED) is 0.275. The number of oxime groups is 1. The van der Waals surface area contributed by atoms with E-state index in [1.54, 1.807) is 13.8 Å². The van der Waals surface area contributed by atoms with E-state index in [0.717, 1.165) is 50.7 Å². The molecule has 3 saturated carbocycles. The Bertz CT molecular complexity index is 1110. The van der Waals surface area contributed by atoms with Gasteiger partial charge >= 0.3 is 5.97 Å². The maximum atomic E-state index is 12.4. The van der Waals surface area contributed by atoms with Crippen LogP contribution in [0, 0.1) is 46.8 Å². The summed E-state index contributed by atoms with van der Waals surface area (Å²) in [6.45, 7) is 7.28. The number of carbonyl (C=O) groups is 3. The third-order valence-corrected chi connectivity index (χ3v) is 10.4. The van der Waals surface area contributed by atoms with Crippen LogP contribution in [0.4, 0.5) is 0 Å². The largest absolute Gasteiger partial charge is 0.480 e. The minimum atomic E-state index is -1.15. The number of aliphatic carboxylic acids is 1. The summed E-state index contributed by atoms with van der Waals surface area (Å²) in [6, 6.07) is -0.866. The molecule has 9 heteroatoms. The van der Waals surface area contributed by atoms with E-state index in [4.69, 9.17) is 16.4 Å². The van der Waals surface area contributed by atoms with Crippen LogP contribution in [0.3, 0.4) is 0 Å². The standard InChI is InChI=1S/C30H43N3O6/c1-6-30(38)14-11-23-21-8-7-19-15-20(9-12-28(19,4)22(21)10-13-29(23,30)5)33-39-17-24(34)32-26(18(2)3)27(37)31-16-25(35)36/h1,15,18,21-23,26,38H,7-14,16-17H2,2-5H3,(H,31,37)(H,32,34)(H,35,36)/b33-20-/t21-,22+,23-,26+,28+,29+,30-/m1/s1. The Balaban J connectivity index is 1.36. The molecule has 7 atom stereocenters. The van der Waals surface area contributed by atoms with Crippen molar-refractivity contribution in [2.24, 2.45) is 39.7 Å². The number of carboxylic acids is 1. The fraction of sp³-hybridized carbons (Fsp3) is 0.733. The monoisotopic (exact) mass is 541 g/mol. The van der Waals surface area contributed by atoms with Gasteiger partial charge in [-0.15, -0.1) is 6.42 Å². The molecule has 0 saturated heterocycles. The van der Waals surface area contributed by atoms with E-state index in [-0.39, 0.29) is 23.4 Å². The average Bonchev–Trinajstić information content (AvgIpc) is 3.16. The molecule has 4 rings (SSSR count). The molecule has 0 aliphatic heterocycles. The Kier molecular flexibility index (Phi) is 8.18. The fourth-order valence-corrected chi connectivity index (χ4v) is 8.09. The van der Waals surface area contributed by atoms with E-state index in [0.29, 0.717) is 24.2 Å². The Morgan fingerprint density at radius 3 is 2.54 bits per heavy atom. The summed E-state index contributed by atoms with van der Waals surface area (Å²) in [5.41, 5.74) is 1.10. The van der Waals surface area contributed by atoms with Gasteiger partial charge in [0.05, 0.1) is 5.71 Å². The molecule has 0 radical (unpaired) electrons. The first-order valence-corrected chi connectivity index (χ1v) is 14.2. The van der Waals surface area contributed by atoms with E-state index in [1.807, 2.05) is 0 Å². The van der Waals surface area contributed by atoms with Crippen LogP contribution in [0.5, 0.6) is 0 Å². The first-order chi connectivity index (χ1) is 18.3. The second-order valence-electron chi connectivity index (χ2n) is 12.8. The maximum Gasteiger partial charge on any atom is 0.322 e. The van der Waals surface area contributed by atoms with Crippen LogP contribution in [0.15, 0.2) is 16.8 Å². The Morgan fingerprint density at radius 1 is 1.15 bits per heavy atom. The number of carbonyl (C=O) groups excluding carboxylic acids is 2. The van der Waals surface area contributed by atoms with Crippen molar-refractivity contribution in [3.8, 4) is 12.3 Å². The van der Waals surface area contributed by atoms with Crippen molar-refractivity contribution in [2.75, 3.05) is 13.2 Å². The average molecular weight is 542 g/mol. The van der Waals surface area contributed by atoms with Gasteiger partial charge in [0.1, 0.15) is 18.2 Å². The molecule has 2 amide bonds. The van der Waals surface area contributed by atoms with Gasteiger partial charge in [0.2, 0.25) is 5.91 Å². The first-order valence-electron chi connectivity index (χ1n) is 14.2. The molecule has 0 spiro atoms. The lowest BCUT2D eigenvalue weighted by atomic mass is 9.46. The summed E-state index contributed by atoms with van der Waals surface area (Å²) >= 11 is 0. The van der Waals surface area contributed by atoms with Crippen molar-refractivity contribution >= 4 is 23.5 Å². The van der Waals surface area contributed by atoms with E-state index < -0.39 is 36.0 Å². The van der Waals surface area contributed by atoms with Crippen LogP contribution in [-0.4, -0.2) is 58.5 Å². The Labute approximate surface area is 231 Å². The molecule has 39 heavy (non-hydrogen) atoms. The summed E-state index contributed by atoms with van der Waals surface area (Å²) in [6.07, 6.45) is 15.5. The number of rotatable bonds is 8. The molecule has 4 aliphatic carbocycles. The minimum absolute atomic E-state index is 0.0886. The third kappa shape index (κ3) is 5.32. The SMILES string of the molecule is C#C[C@@]1(O)CC[C@@H]2[C@@H]3CCC4=C/C(=N\OCC(=O)N[C@H](C(=O)NCC(=O)O)C(C)C)CC[C@]4(C)[C@H]3CC[C@@]21C. The molecule has 0 aromatic rings. The number of carboxylic acid groups (broad SMARTS) is 1. The highest BCUT2D eigenvalue weighted by Gasteiger charge is 2.63. The molecule has 0 aromatic heterocycles. The van der Waals surface area contributed by atoms with Gasteiger partial charge in [-0.05, 0) is 86.5 Å². The lowest BCUT2D eigenvalue weighted by molar-refractivity contribution is -0.138. The smallest absolute Gasteiger partial charge is 0.322 e. The van der Waals surface area contributed by atoms with Crippen LogP contribution in [0.2, 0.25) is 0 Å². The summed E-state index contributed by atoms with van der Waals surface area (Å²) in [5.74, 6) is 1.90. The van der Waals surface area contributed by atoms with Gasteiger partial charge in [-0.25, -0.2) is 0 Å². The zero-order chi connectivity index (χ0) is 28.6. The number of allylic oxidation sites excluding steroid dienone is 2. The third-order valence-electron chi connectivity index (χ3n) is 10.4. The van der Waals surface area contributed by atoms with Gasteiger partial charge in [-0.3, -0.25) is 14.4 Å². The van der Waals surface area contributed by atoms with E-state index >= 15 is 0 Å². The number of terminal acetylenes is 1. The Morgan fingerprint density at radius 2 is 1.87 bits per heavy atom. The number of fused-ring (bicyclic) bond motifs is 5. The van der Waals surface area contributed by atoms with E-state index in [1.165, 1.54) is 5.57 Å². The van der Waals surface area contributed by atoms with Gasteiger partial charge in [0.15, 0.2) is 6.61 Å². The second kappa shape index (κ2) is 11.0. The Hall–Kier alpha value is -2.86. The number of hydrogen-bond acceptors (Lipinski definition) is 6. The zero-order valence-corrected chi connectivity index (χ0v) is 23.6. The number of hydrogen-bond donors (Lipinski definition) is 4. The van der Waals surface area contributed by atoms with E-state index in [9.17, 15) is 19.5 Å². The lowest BCUT2D eigenvalue weighted by Crippen LogP contribution is -2.54. The highest BCUT2D eigenvalue weighted by atomic mass is 16.6. The van der Waals surface area contributed by atoms with Crippen LogP contribution in [0.1, 0.15) is 79.1 Å². The molecular weight excluding hydrogens is 498 g/mol. The zero-order valence-electron chi connectivity index (χ0n) is 23.6. The predicted octanol–water partition coefficient (Wildman–Crippen LogP) is 3.03. The number of amides is 2. The molecule has 214 valence electrons. The summed E-state index contributed by atoms with van der Waals surface area (Å²) in [7, 11) is 0. The van der Waals surface area contributed by atoms with Crippen LogP contribution in [-0.2, 0) is 19.2 Å². The lowest BCUT2D eigenvalue weighted by Gasteiger charge is -2.58. The van der Waals surface area contributed by atoms with Crippen molar-refractivity contribution in [1.82, 2.24) is 10.6 Å². The highest BCUT2D eigenvalue weighted by Crippen LogP contribution is 2.67. The second-order valence-corrected chi connectivity index (χ2v) is 12.8. The topological polar surface area (TPSA) is 137 Å². The van der Waals surface area contributed by atoms with Crippen LogP contribution >= 0.6 is 0 Å². The molecule has 0 heterocycles. The molecule has 0 unspecified atom stereocenters. The molecular formula is C30H43N3O6. The van der Waals surface area contributed by atoms with Crippen molar-refractivity contribution < 1.29 is 29.4 Å². The highest BCUT2D eigenvalue weighted by molar-refractivity contribution is 5.96. The maximum absolute atomic E-state index is 12.4. The molecule has 0 bridgehead atoms. The number of nitrogens with zero attached hydrogens (tertiary/aromatic N) is 1. The van der Waals surface area contributed by atoms with E-state index in [2.05, 4.69) is 41.6 Å². The predicted molar refractivity (Wildman–Crippen MR) is 146 cm³/mol. The van der Waals surface area contributed by atoms with Gasteiger partial charge < -0.3 is 25.7 Å². The molecule has 3 fully saturated rings. The summed E-state index contributed by atoms with van der Waals surface area (Å²) in [5, 5.41) is 29.1. The summed E-state index contributed by atoms with van der Waals surface area (Å²) in [4.78, 5) is 40.8. The fourth-order valence-electron chi connectivity index (χ4n) is 8.09. The van der Waals surface area contributed by atoms with Crippen molar-refractivity contribution in [2.45, 2.75) is 90.7 Å². The van der Waals surface area contributed by atoms with Crippen molar-refractivity contribution in [3.63, 3.8) is 0 Å². The number of aliphatic hydroxyl groups is 1. The van der Waals surface area contributed by atoms with Crippen molar-refractivity contribution in [3.05, 3.63) is 11.6 Å². The summed E-state index contributed by atoms with van der Waals surface area (Å²) < 4.78 is 0. The molecule has 4 N–H and O–H groups in total. The molecule has 4 aliphatic rings. The minimum Gasteiger partial charge on any atom is -0.480 e.